The van der Waals surface area contributed by atoms with Gasteiger partial charge in [0.25, 0.3) is 0 Å². The Labute approximate surface area is 116 Å². The molecule has 2 aromatic rings. The summed E-state index contributed by atoms with van der Waals surface area (Å²) in [4.78, 5) is 12.0. The largest absolute Gasteiger partial charge is 0.463 e. The summed E-state index contributed by atoms with van der Waals surface area (Å²) in [5.41, 5.74) is 2.34. The van der Waals surface area contributed by atoms with Crippen molar-refractivity contribution in [2.24, 2.45) is 5.84 Å². The fourth-order valence-corrected chi connectivity index (χ4v) is 1.38. The first-order valence-electron chi connectivity index (χ1n) is 6.31. The molecular weight excluding hydrogens is 262 g/mol. The number of hydrogen-bond acceptors (Lipinski definition) is 8. The van der Waals surface area contributed by atoms with Crippen molar-refractivity contribution in [1.82, 2.24) is 24.7 Å². The summed E-state index contributed by atoms with van der Waals surface area (Å²) in [6.07, 6.45) is 4.16. The van der Waals surface area contributed by atoms with E-state index in [0.29, 0.717) is 12.4 Å². The first-order valence-corrected chi connectivity index (χ1v) is 6.31. The Bertz CT molecular complexity index is 557. The number of nitrogens with one attached hydrogen (secondary N) is 1. The van der Waals surface area contributed by atoms with Crippen LogP contribution in [0.25, 0.3) is 0 Å². The van der Waals surface area contributed by atoms with Gasteiger partial charge >= 0.3 is 12.0 Å². The third-order valence-corrected chi connectivity index (χ3v) is 2.30. The van der Waals surface area contributed by atoms with Crippen molar-refractivity contribution in [1.29, 1.82) is 0 Å². The van der Waals surface area contributed by atoms with Crippen molar-refractivity contribution in [2.45, 2.75) is 26.8 Å². The number of hydrazine groups is 1. The zero-order valence-corrected chi connectivity index (χ0v) is 11.4. The van der Waals surface area contributed by atoms with Gasteiger partial charge in [-0.2, -0.15) is 15.1 Å². The lowest BCUT2D eigenvalue weighted by Crippen LogP contribution is -2.13. The smallest absolute Gasteiger partial charge is 0.330 e. The normalized spacial score (nSPS) is 10.3. The van der Waals surface area contributed by atoms with Crippen LogP contribution < -0.4 is 20.7 Å². The van der Waals surface area contributed by atoms with Gasteiger partial charge in [0.1, 0.15) is 0 Å². The number of nitrogens with zero attached hydrogens (tertiary/aromatic N) is 5. The van der Waals surface area contributed by atoms with Gasteiger partial charge in [0.15, 0.2) is 5.75 Å². The van der Waals surface area contributed by atoms with Gasteiger partial charge in [-0.15, -0.1) is 4.98 Å². The molecular formula is C11H17N7O2. The van der Waals surface area contributed by atoms with E-state index in [2.05, 4.69) is 25.5 Å². The highest BCUT2D eigenvalue weighted by Gasteiger charge is 2.10. The van der Waals surface area contributed by atoms with Crippen LogP contribution in [-0.4, -0.2) is 31.3 Å². The lowest BCUT2D eigenvalue weighted by molar-refractivity contribution is 0.285. The number of nitrogens with two attached hydrogens (primary N) is 1. The zero-order chi connectivity index (χ0) is 14.4. The summed E-state index contributed by atoms with van der Waals surface area (Å²) < 4.78 is 12.6. The van der Waals surface area contributed by atoms with Crippen molar-refractivity contribution in [3.63, 3.8) is 0 Å². The number of rotatable bonds is 7. The van der Waals surface area contributed by atoms with Gasteiger partial charge < -0.3 is 9.47 Å². The number of aromatic nitrogens is 5. The van der Waals surface area contributed by atoms with E-state index in [-0.39, 0.29) is 18.0 Å². The van der Waals surface area contributed by atoms with E-state index < -0.39 is 0 Å². The van der Waals surface area contributed by atoms with Crippen LogP contribution in [0.5, 0.6) is 17.8 Å². The van der Waals surface area contributed by atoms with Crippen molar-refractivity contribution in [3.05, 3.63) is 12.4 Å². The van der Waals surface area contributed by atoms with E-state index in [1.165, 1.54) is 0 Å². The second-order valence-corrected chi connectivity index (χ2v) is 3.85. The molecule has 3 N–H and O–H groups in total. The lowest BCUT2D eigenvalue weighted by atomic mass is 10.5. The quantitative estimate of drug-likeness (QED) is 0.569. The van der Waals surface area contributed by atoms with E-state index in [0.717, 1.165) is 13.0 Å². The average molecular weight is 279 g/mol. The maximum Gasteiger partial charge on any atom is 0.330 e. The number of hydrogen-bond donors (Lipinski definition) is 2. The molecule has 2 aromatic heterocycles. The maximum absolute atomic E-state index is 5.50. The topological polar surface area (TPSA) is 113 Å². The Kier molecular flexibility index (Phi) is 4.66. The SMILES string of the molecule is CCCOc1nc(NN)nc(Oc2cnn(CC)c2)n1. The molecule has 9 nitrogen and oxygen atoms in total. The van der Waals surface area contributed by atoms with E-state index in [1.54, 1.807) is 17.1 Å². The summed E-state index contributed by atoms with van der Waals surface area (Å²) in [6.45, 7) is 5.22. The molecule has 0 aromatic carbocycles. The highest BCUT2D eigenvalue weighted by atomic mass is 16.5. The summed E-state index contributed by atoms with van der Waals surface area (Å²) >= 11 is 0. The average Bonchev–Trinajstić information content (AvgIpc) is 2.92. The highest BCUT2D eigenvalue weighted by molar-refractivity contribution is 5.27. The van der Waals surface area contributed by atoms with Crippen LogP contribution in [-0.2, 0) is 6.54 Å². The molecule has 9 heteroatoms. The summed E-state index contributed by atoms with van der Waals surface area (Å²) in [6, 6.07) is 0.252. The minimum Gasteiger partial charge on any atom is -0.463 e. The summed E-state index contributed by atoms with van der Waals surface area (Å²) in [5.74, 6) is 6.01. The predicted molar refractivity (Wildman–Crippen MR) is 71.4 cm³/mol. The number of nitrogen functional groups attached to an aromatic ring is 1. The summed E-state index contributed by atoms with van der Waals surface area (Å²) in [5, 5.41) is 4.09. The molecule has 0 aliphatic carbocycles. The second kappa shape index (κ2) is 6.66. The molecule has 2 heterocycles. The molecule has 20 heavy (non-hydrogen) atoms. The highest BCUT2D eigenvalue weighted by Crippen LogP contribution is 2.19. The maximum atomic E-state index is 5.50. The Morgan fingerprint density at radius 3 is 2.70 bits per heavy atom. The molecule has 108 valence electrons. The van der Waals surface area contributed by atoms with Gasteiger partial charge in [-0.3, -0.25) is 10.1 Å². The standard InChI is InChI=1S/C11H17N7O2/c1-3-5-19-10-14-9(17-12)15-11(16-10)20-8-6-13-18(4-2)7-8/h6-7H,3-5,12H2,1-2H3,(H,14,15,16,17). The molecule has 0 unspecified atom stereocenters. The fourth-order valence-electron chi connectivity index (χ4n) is 1.38. The zero-order valence-electron chi connectivity index (χ0n) is 11.4. The molecule has 0 saturated heterocycles. The number of anilines is 1. The van der Waals surface area contributed by atoms with Gasteiger partial charge in [-0.05, 0) is 13.3 Å². The number of ether oxygens (including phenoxy) is 2. The van der Waals surface area contributed by atoms with Gasteiger partial charge in [0.2, 0.25) is 5.95 Å². The Morgan fingerprint density at radius 1 is 1.25 bits per heavy atom. The van der Waals surface area contributed by atoms with Gasteiger partial charge in [-0.1, -0.05) is 6.92 Å². The molecule has 0 fully saturated rings. The minimum atomic E-state index is 0.0923. The first kappa shape index (κ1) is 14.0. The van der Waals surface area contributed by atoms with Crippen LogP contribution in [0.1, 0.15) is 20.3 Å². The summed E-state index contributed by atoms with van der Waals surface area (Å²) in [7, 11) is 0. The van der Waals surface area contributed by atoms with Crippen LogP contribution in [0.15, 0.2) is 12.4 Å². The van der Waals surface area contributed by atoms with E-state index >= 15 is 0 Å². The molecule has 0 aliphatic rings. The van der Waals surface area contributed by atoms with Crippen molar-refractivity contribution >= 4 is 5.95 Å². The first-order chi connectivity index (χ1) is 9.75. The molecule has 0 atom stereocenters. The Hall–Kier alpha value is -2.42. The van der Waals surface area contributed by atoms with Gasteiger partial charge in [0.05, 0.1) is 19.0 Å². The van der Waals surface area contributed by atoms with Crippen molar-refractivity contribution in [3.8, 4) is 17.8 Å². The molecule has 0 amide bonds. The van der Waals surface area contributed by atoms with Crippen LogP contribution in [0.2, 0.25) is 0 Å². The van der Waals surface area contributed by atoms with Crippen molar-refractivity contribution in [2.75, 3.05) is 12.0 Å². The molecule has 0 radical (unpaired) electrons. The second-order valence-electron chi connectivity index (χ2n) is 3.85. The van der Waals surface area contributed by atoms with Crippen LogP contribution >= 0.6 is 0 Å². The Balaban J connectivity index is 2.16. The van der Waals surface area contributed by atoms with Crippen molar-refractivity contribution < 1.29 is 9.47 Å². The van der Waals surface area contributed by atoms with Crippen LogP contribution in [0.4, 0.5) is 5.95 Å². The minimum absolute atomic E-state index is 0.0923. The molecule has 0 aliphatic heterocycles. The van der Waals surface area contributed by atoms with Gasteiger partial charge in [0, 0.05) is 6.54 Å². The number of aryl methyl sites for hydroxylation is 1. The molecule has 0 spiro atoms. The Morgan fingerprint density at radius 2 is 2.05 bits per heavy atom. The molecule has 0 saturated carbocycles. The predicted octanol–water partition coefficient (Wildman–Crippen LogP) is 0.955. The third-order valence-electron chi connectivity index (χ3n) is 2.30. The fraction of sp³-hybridized carbons (Fsp3) is 0.455. The lowest BCUT2D eigenvalue weighted by Gasteiger charge is -2.06. The van der Waals surface area contributed by atoms with Crippen LogP contribution in [0.3, 0.4) is 0 Å². The monoisotopic (exact) mass is 279 g/mol. The molecule has 0 bridgehead atoms. The van der Waals surface area contributed by atoms with Gasteiger partial charge in [-0.25, -0.2) is 5.84 Å². The molecule has 2 rings (SSSR count). The van der Waals surface area contributed by atoms with E-state index in [9.17, 15) is 0 Å². The third kappa shape index (κ3) is 3.54. The van der Waals surface area contributed by atoms with E-state index in [1.807, 2.05) is 13.8 Å². The van der Waals surface area contributed by atoms with E-state index in [4.69, 9.17) is 15.3 Å². The van der Waals surface area contributed by atoms with Crippen LogP contribution in [0, 0.1) is 0 Å².